The van der Waals surface area contributed by atoms with Crippen molar-refractivity contribution in [2.24, 2.45) is 0 Å². The fraction of sp³-hybridized carbons (Fsp3) is 0.0541. The van der Waals surface area contributed by atoms with Gasteiger partial charge in [0, 0.05) is 66.1 Å². The van der Waals surface area contributed by atoms with Gasteiger partial charge in [-0.2, -0.15) is 0 Å². The number of nitrogens with zero attached hydrogens (tertiary/aromatic N) is 5. The molecule has 0 atom stereocenters. The van der Waals surface area contributed by atoms with Crippen molar-refractivity contribution in [1.29, 1.82) is 0 Å². The average molecular weight is 1010 g/mol. The van der Waals surface area contributed by atoms with Gasteiger partial charge in [-0.1, -0.05) is 169 Å². The maximum Gasteiger partial charge on any atom is 0.160 e. The van der Waals surface area contributed by atoms with Gasteiger partial charge in [0.2, 0.25) is 0 Å². The third-order valence-corrected chi connectivity index (χ3v) is 16.2. The van der Waals surface area contributed by atoms with Crippen molar-refractivity contribution in [2.45, 2.75) is 27.7 Å². The standard InChI is InChI=1S/C74H53N5/c1-46-15-13-17-53(39-46)65-45-66(76-74(75-65)54-18-14-16-47(2)40-54)73-48(3)41-55(42-49(73)4)52-29-27-50(28-30-52)51-31-33-56(34-32-51)77-71-37-35-57(78-67-23-9-5-19-59(67)60-20-6-10-24-68(60)78)43-63(71)64-44-58(36-38-72(64)77)79-69-25-11-7-21-61(69)62-22-8-12-26-70(62)79/h5-45H,1-4H3. The second-order valence-corrected chi connectivity index (χ2v) is 21.3. The molecule has 0 saturated heterocycles. The molecule has 15 aromatic rings. The summed E-state index contributed by atoms with van der Waals surface area (Å²) in [5, 5.41) is 7.41. The smallest absolute Gasteiger partial charge is 0.160 e. The lowest BCUT2D eigenvalue weighted by Crippen LogP contribution is -1.99. The molecule has 0 N–H and O–H groups in total. The van der Waals surface area contributed by atoms with E-state index >= 15 is 0 Å². The number of rotatable bonds is 8. The number of fused-ring (bicyclic) bond motifs is 9. The molecule has 0 unspecified atom stereocenters. The molecule has 4 aromatic heterocycles. The molecule has 0 spiro atoms. The SMILES string of the molecule is Cc1cccc(-c2cc(-c3c(C)cc(-c4ccc(-c5ccc(-n6c7ccc(-n8c9ccccc9c9ccccc98)cc7c7cc(-n8c9ccccc9c9ccccc98)ccc76)cc5)cc4)cc3C)nc(-c3cccc(C)c3)n2)c1. The summed E-state index contributed by atoms with van der Waals surface area (Å²) >= 11 is 0. The van der Waals surface area contributed by atoms with Crippen molar-refractivity contribution in [1.82, 2.24) is 23.7 Å². The van der Waals surface area contributed by atoms with Crippen LogP contribution in [0.5, 0.6) is 0 Å². The van der Waals surface area contributed by atoms with Crippen LogP contribution in [0.4, 0.5) is 0 Å². The van der Waals surface area contributed by atoms with E-state index in [1.165, 1.54) is 98.9 Å². The van der Waals surface area contributed by atoms with Gasteiger partial charge in [-0.25, -0.2) is 9.97 Å². The van der Waals surface area contributed by atoms with E-state index in [-0.39, 0.29) is 0 Å². The molecule has 374 valence electrons. The first kappa shape index (κ1) is 46.2. The van der Waals surface area contributed by atoms with Gasteiger partial charge in [0.05, 0.1) is 44.5 Å². The molecule has 5 nitrogen and oxygen atoms in total. The Morgan fingerprint density at radius 1 is 0.253 bits per heavy atom. The van der Waals surface area contributed by atoms with Crippen LogP contribution in [-0.4, -0.2) is 23.7 Å². The molecular weight excluding hydrogens is 959 g/mol. The largest absolute Gasteiger partial charge is 0.309 e. The molecule has 0 amide bonds. The summed E-state index contributed by atoms with van der Waals surface area (Å²) in [6.45, 7) is 8.65. The summed E-state index contributed by atoms with van der Waals surface area (Å²) in [4.78, 5) is 10.4. The predicted molar refractivity (Wildman–Crippen MR) is 331 cm³/mol. The van der Waals surface area contributed by atoms with Crippen LogP contribution in [-0.2, 0) is 0 Å². The second kappa shape index (κ2) is 18.3. The molecule has 15 rings (SSSR count). The zero-order chi connectivity index (χ0) is 52.9. The van der Waals surface area contributed by atoms with Gasteiger partial charge in [0.1, 0.15) is 0 Å². The van der Waals surface area contributed by atoms with Crippen molar-refractivity contribution in [2.75, 3.05) is 0 Å². The zero-order valence-corrected chi connectivity index (χ0v) is 44.4. The minimum absolute atomic E-state index is 0.731. The Balaban J connectivity index is 0.798. The van der Waals surface area contributed by atoms with E-state index in [1.807, 2.05) is 0 Å². The van der Waals surface area contributed by atoms with Gasteiger partial charge in [-0.05, 0) is 152 Å². The first-order valence-corrected chi connectivity index (χ1v) is 27.2. The first-order valence-electron chi connectivity index (χ1n) is 27.2. The summed E-state index contributed by atoms with van der Waals surface area (Å²) in [6, 6.07) is 90.9. The van der Waals surface area contributed by atoms with Crippen molar-refractivity contribution >= 4 is 65.4 Å². The van der Waals surface area contributed by atoms with Crippen LogP contribution in [0.15, 0.2) is 249 Å². The molecule has 11 aromatic carbocycles. The highest BCUT2D eigenvalue weighted by Gasteiger charge is 2.20. The Kier molecular flexibility index (Phi) is 10.7. The molecule has 79 heavy (non-hydrogen) atoms. The third kappa shape index (κ3) is 7.68. The molecule has 0 bridgehead atoms. The van der Waals surface area contributed by atoms with E-state index in [0.29, 0.717) is 0 Å². The lowest BCUT2D eigenvalue weighted by molar-refractivity contribution is 1.16. The number of aromatic nitrogens is 5. The minimum Gasteiger partial charge on any atom is -0.309 e. The number of hydrogen-bond donors (Lipinski definition) is 0. The van der Waals surface area contributed by atoms with E-state index in [4.69, 9.17) is 9.97 Å². The number of hydrogen-bond acceptors (Lipinski definition) is 2. The van der Waals surface area contributed by atoms with Gasteiger partial charge in [-0.15, -0.1) is 0 Å². The number of benzene rings is 11. The Morgan fingerprint density at radius 3 is 1.11 bits per heavy atom. The van der Waals surface area contributed by atoms with E-state index in [0.717, 1.165) is 62.0 Å². The second-order valence-electron chi connectivity index (χ2n) is 21.3. The molecule has 5 heteroatoms. The maximum absolute atomic E-state index is 5.23. The Bertz CT molecular complexity index is 4570. The fourth-order valence-electron chi connectivity index (χ4n) is 12.6. The molecule has 0 aliphatic heterocycles. The predicted octanol–water partition coefficient (Wildman–Crippen LogP) is 19.3. The summed E-state index contributed by atoms with van der Waals surface area (Å²) in [6.07, 6.45) is 0. The highest BCUT2D eigenvalue weighted by atomic mass is 15.0. The summed E-state index contributed by atoms with van der Waals surface area (Å²) < 4.78 is 7.28. The van der Waals surface area contributed by atoms with Crippen LogP contribution in [0.2, 0.25) is 0 Å². The Morgan fingerprint density at radius 2 is 0.633 bits per heavy atom. The molecule has 0 radical (unpaired) electrons. The van der Waals surface area contributed by atoms with Gasteiger partial charge in [0.15, 0.2) is 5.82 Å². The van der Waals surface area contributed by atoms with Gasteiger partial charge in [-0.3, -0.25) is 0 Å². The summed E-state index contributed by atoms with van der Waals surface area (Å²) in [5.74, 6) is 0.731. The van der Waals surface area contributed by atoms with Crippen molar-refractivity contribution < 1.29 is 0 Å². The zero-order valence-electron chi connectivity index (χ0n) is 44.4. The topological polar surface area (TPSA) is 40.6 Å². The quantitative estimate of drug-likeness (QED) is 0.152. The lowest BCUT2D eigenvalue weighted by Gasteiger charge is -2.16. The Labute approximate surface area is 458 Å². The Hall–Kier alpha value is -10.1. The van der Waals surface area contributed by atoms with Crippen LogP contribution in [0.3, 0.4) is 0 Å². The summed E-state index contributed by atoms with van der Waals surface area (Å²) in [7, 11) is 0. The third-order valence-electron chi connectivity index (χ3n) is 16.2. The van der Waals surface area contributed by atoms with Crippen LogP contribution in [0.25, 0.3) is 139 Å². The van der Waals surface area contributed by atoms with Crippen molar-refractivity contribution in [3.05, 3.63) is 271 Å². The van der Waals surface area contributed by atoms with E-state index in [9.17, 15) is 0 Å². The molecule has 0 fully saturated rings. The monoisotopic (exact) mass is 1010 g/mol. The van der Waals surface area contributed by atoms with Crippen LogP contribution in [0.1, 0.15) is 22.3 Å². The molecule has 0 saturated carbocycles. The van der Waals surface area contributed by atoms with Crippen LogP contribution < -0.4 is 0 Å². The van der Waals surface area contributed by atoms with E-state index < -0.39 is 0 Å². The minimum atomic E-state index is 0.731. The van der Waals surface area contributed by atoms with Crippen molar-refractivity contribution in [3.63, 3.8) is 0 Å². The van der Waals surface area contributed by atoms with E-state index in [2.05, 4.69) is 290 Å². The number of aryl methyl sites for hydroxylation is 4. The maximum atomic E-state index is 5.23. The van der Waals surface area contributed by atoms with Crippen LogP contribution >= 0.6 is 0 Å². The lowest BCUT2D eigenvalue weighted by atomic mass is 9.92. The van der Waals surface area contributed by atoms with Gasteiger partial charge < -0.3 is 13.7 Å². The van der Waals surface area contributed by atoms with Crippen molar-refractivity contribution in [3.8, 4) is 73.2 Å². The van der Waals surface area contributed by atoms with Crippen LogP contribution in [0, 0.1) is 27.7 Å². The molecule has 0 aliphatic rings. The molecule has 4 heterocycles. The molecule has 0 aliphatic carbocycles. The normalized spacial score (nSPS) is 11.8. The average Bonchev–Trinajstić information content (AvgIpc) is 4.18. The first-order chi connectivity index (χ1) is 38.8. The highest BCUT2D eigenvalue weighted by Crippen LogP contribution is 2.41. The molecular formula is C74H53N5. The van der Waals surface area contributed by atoms with E-state index in [1.54, 1.807) is 0 Å². The fourth-order valence-corrected chi connectivity index (χ4v) is 12.6. The summed E-state index contributed by atoms with van der Waals surface area (Å²) in [5.41, 5.74) is 25.0. The number of para-hydroxylation sites is 4. The highest BCUT2D eigenvalue weighted by molar-refractivity contribution is 6.14. The van der Waals surface area contributed by atoms with Gasteiger partial charge >= 0.3 is 0 Å². The van der Waals surface area contributed by atoms with Gasteiger partial charge in [0.25, 0.3) is 0 Å².